The molecular weight excluding hydrogens is 272 g/mol. The molecule has 6 nitrogen and oxygen atoms in total. The molecule has 1 amide bonds. The quantitative estimate of drug-likeness (QED) is 0.891. The second-order valence-electron chi connectivity index (χ2n) is 5.90. The number of nitrogens with zero attached hydrogens (tertiary/aromatic N) is 1. The molecular formula is C15H22N2O4. The molecule has 0 spiro atoms. The molecule has 0 aliphatic carbocycles. The van der Waals surface area contributed by atoms with Gasteiger partial charge in [0.2, 0.25) is 0 Å². The fourth-order valence-corrected chi connectivity index (χ4v) is 1.68. The summed E-state index contributed by atoms with van der Waals surface area (Å²) in [7, 11) is 3.78. The van der Waals surface area contributed by atoms with Crippen LogP contribution in [-0.2, 0) is 9.53 Å². The van der Waals surface area contributed by atoms with Crippen molar-refractivity contribution in [1.82, 2.24) is 5.32 Å². The van der Waals surface area contributed by atoms with E-state index in [1.54, 1.807) is 45.0 Å². The summed E-state index contributed by atoms with van der Waals surface area (Å²) in [6.07, 6.45) is -0.758. The predicted octanol–water partition coefficient (Wildman–Crippen LogP) is 2.40. The number of benzene rings is 1. The van der Waals surface area contributed by atoms with Crippen LogP contribution in [0.25, 0.3) is 0 Å². The van der Waals surface area contributed by atoms with E-state index in [1.165, 1.54) is 0 Å². The number of ether oxygens (including phenoxy) is 1. The molecule has 1 atom stereocenters. The number of alkyl carbamates (subject to hydrolysis) is 1. The van der Waals surface area contributed by atoms with E-state index >= 15 is 0 Å². The first-order chi connectivity index (χ1) is 9.60. The molecule has 0 bridgehead atoms. The van der Waals surface area contributed by atoms with Crippen LogP contribution in [0.15, 0.2) is 24.3 Å². The van der Waals surface area contributed by atoms with E-state index in [-0.39, 0.29) is 0 Å². The second-order valence-corrected chi connectivity index (χ2v) is 5.90. The van der Waals surface area contributed by atoms with Crippen molar-refractivity contribution in [3.8, 4) is 0 Å². The van der Waals surface area contributed by atoms with Crippen molar-refractivity contribution < 1.29 is 19.4 Å². The summed E-state index contributed by atoms with van der Waals surface area (Å²) >= 11 is 0. The van der Waals surface area contributed by atoms with Crippen molar-refractivity contribution in [3.05, 3.63) is 29.8 Å². The lowest BCUT2D eigenvalue weighted by Crippen LogP contribution is -2.38. The summed E-state index contributed by atoms with van der Waals surface area (Å²) < 4.78 is 5.08. The topological polar surface area (TPSA) is 78.9 Å². The van der Waals surface area contributed by atoms with Crippen molar-refractivity contribution in [3.63, 3.8) is 0 Å². The molecule has 1 aromatic rings. The highest BCUT2D eigenvalue weighted by molar-refractivity contribution is 5.81. The Kier molecular flexibility index (Phi) is 5.18. The van der Waals surface area contributed by atoms with Gasteiger partial charge >= 0.3 is 12.1 Å². The summed E-state index contributed by atoms with van der Waals surface area (Å²) in [6.45, 7) is 5.15. The van der Waals surface area contributed by atoms with Crippen LogP contribution in [0.5, 0.6) is 0 Å². The Hall–Kier alpha value is -2.24. The third-order valence-electron chi connectivity index (χ3n) is 2.65. The Morgan fingerprint density at radius 2 is 1.71 bits per heavy atom. The summed E-state index contributed by atoms with van der Waals surface area (Å²) in [5, 5.41) is 11.6. The zero-order valence-electron chi connectivity index (χ0n) is 13.0. The molecule has 116 valence electrons. The lowest BCUT2D eigenvalue weighted by Gasteiger charge is -2.22. The minimum Gasteiger partial charge on any atom is -0.479 e. The molecule has 0 aromatic heterocycles. The van der Waals surface area contributed by atoms with Crippen LogP contribution in [0.1, 0.15) is 32.4 Å². The Bertz CT molecular complexity index is 503. The number of hydrogen-bond acceptors (Lipinski definition) is 4. The Labute approximate surface area is 124 Å². The minimum atomic E-state index is -1.14. The number of hydrogen-bond donors (Lipinski definition) is 2. The van der Waals surface area contributed by atoms with Gasteiger partial charge in [-0.15, -0.1) is 0 Å². The molecule has 0 saturated carbocycles. The zero-order chi connectivity index (χ0) is 16.2. The molecule has 0 saturated heterocycles. The fourth-order valence-electron chi connectivity index (χ4n) is 1.68. The molecule has 1 aromatic carbocycles. The van der Waals surface area contributed by atoms with Crippen molar-refractivity contribution in [2.75, 3.05) is 19.0 Å². The number of carboxylic acids is 1. The molecule has 1 rings (SSSR count). The third kappa shape index (κ3) is 5.33. The first kappa shape index (κ1) is 16.8. The van der Waals surface area contributed by atoms with Gasteiger partial charge in [0, 0.05) is 19.8 Å². The molecule has 0 heterocycles. The number of rotatable bonds is 4. The van der Waals surface area contributed by atoms with Crippen LogP contribution in [0, 0.1) is 0 Å². The maximum Gasteiger partial charge on any atom is 0.408 e. The smallest absolute Gasteiger partial charge is 0.408 e. The van der Waals surface area contributed by atoms with Crippen LogP contribution < -0.4 is 10.2 Å². The first-order valence-electron chi connectivity index (χ1n) is 6.60. The monoisotopic (exact) mass is 294 g/mol. The van der Waals surface area contributed by atoms with Gasteiger partial charge in [0.05, 0.1) is 0 Å². The Balaban J connectivity index is 2.87. The SMILES string of the molecule is CN(C)c1ccc([C@H](NC(=O)OC(C)(C)C)C(=O)O)cc1. The first-order valence-corrected chi connectivity index (χ1v) is 6.60. The van der Waals surface area contributed by atoms with Crippen LogP contribution >= 0.6 is 0 Å². The highest BCUT2D eigenvalue weighted by Gasteiger charge is 2.25. The average Bonchev–Trinajstić information content (AvgIpc) is 2.33. The number of amides is 1. The Morgan fingerprint density at radius 3 is 2.10 bits per heavy atom. The van der Waals surface area contributed by atoms with E-state index in [0.29, 0.717) is 5.56 Å². The van der Waals surface area contributed by atoms with E-state index in [2.05, 4.69) is 5.32 Å². The normalized spacial score (nSPS) is 12.4. The summed E-state index contributed by atoms with van der Waals surface area (Å²) in [5.41, 5.74) is 0.751. The number of anilines is 1. The van der Waals surface area contributed by atoms with Crippen molar-refractivity contribution in [2.24, 2.45) is 0 Å². The lowest BCUT2D eigenvalue weighted by molar-refractivity contribution is -0.139. The number of nitrogens with one attached hydrogen (secondary N) is 1. The molecule has 0 unspecified atom stereocenters. The molecule has 2 N–H and O–H groups in total. The molecule has 6 heteroatoms. The van der Waals surface area contributed by atoms with Gasteiger partial charge in [-0.2, -0.15) is 0 Å². The molecule has 0 aliphatic rings. The van der Waals surface area contributed by atoms with Gasteiger partial charge in [0.25, 0.3) is 0 Å². The van der Waals surface area contributed by atoms with Crippen molar-refractivity contribution in [1.29, 1.82) is 0 Å². The molecule has 0 aliphatic heterocycles. The zero-order valence-corrected chi connectivity index (χ0v) is 13.0. The van der Waals surface area contributed by atoms with E-state index in [4.69, 9.17) is 4.74 Å². The van der Waals surface area contributed by atoms with E-state index < -0.39 is 23.7 Å². The van der Waals surface area contributed by atoms with Gasteiger partial charge in [0.1, 0.15) is 5.60 Å². The van der Waals surface area contributed by atoms with Crippen molar-refractivity contribution in [2.45, 2.75) is 32.4 Å². The van der Waals surface area contributed by atoms with Gasteiger partial charge < -0.3 is 20.1 Å². The average molecular weight is 294 g/mol. The standard InChI is InChI=1S/C15H22N2O4/c1-15(2,3)21-14(20)16-12(13(18)19)10-6-8-11(9-7-10)17(4)5/h6-9,12H,1-5H3,(H,16,20)(H,18,19)/t12-/m0/s1. The summed E-state index contributed by atoms with van der Waals surface area (Å²) in [4.78, 5) is 25.0. The Morgan fingerprint density at radius 1 is 1.19 bits per heavy atom. The third-order valence-corrected chi connectivity index (χ3v) is 2.65. The van der Waals surface area contributed by atoms with Gasteiger partial charge in [-0.25, -0.2) is 9.59 Å². The number of aliphatic carboxylic acids is 1. The van der Waals surface area contributed by atoms with E-state index in [9.17, 15) is 14.7 Å². The number of carbonyl (C=O) groups is 2. The van der Waals surface area contributed by atoms with Crippen LogP contribution in [0.2, 0.25) is 0 Å². The van der Waals surface area contributed by atoms with Gasteiger partial charge in [-0.05, 0) is 38.5 Å². The van der Waals surface area contributed by atoms with E-state index in [0.717, 1.165) is 5.69 Å². The predicted molar refractivity (Wildman–Crippen MR) is 80.5 cm³/mol. The minimum absolute atomic E-state index is 0.485. The van der Waals surface area contributed by atoms with Gasteiger partial charge in [-0.3, -0.25) is 0 Å². The highest BCUT2D eigenvalue weighted by Crippen LogP contribution is 2.19. The highest BCUT2D eigenvalue weighted by atomic mass is 16.6. The van der Waals surface area contributed by atoms with Crippen LogP contribution in [0.3, 0.4) is 0 Å². The van der Waals surface area contributed by atoms with E-state index in [1.807, 2.05) is 19.0 Å². The number of carboxylic acid groups (broad SMARTS) is 1. The maximum atomic E-state index is 11.7. The molecule has 0 radical (unpaired) electrons. The maximum absolute atomic E-state index is 11.7. The molecule has 0 fully saturated rings. The number of carbonyl (C=O) groups excluding carboxylic acids is 1. The largest absolute Gasteiger partial charge is 0.479 e. The fraction of sp³-hybridized carbons (Fsp3) is 0.467. The summed E-state index contributed by atoms with van der Waals surface area (Å²) in [6, 6.07) is 5.79. The second kappa shape index (κ2) is 6.47. The van der Waals surface area contributed by atoms with Gasteiger partial charge in [0.15, 0.2) is 6.04 Å². The van der Waals surface area contributed by atoms with Crippen LogP contribution in [0.4, 0.5) is 10.5 Å². The van der Waals surface area contributed by atoms with Crippen molar-refractivity contribution >= 4 is 17.7 Å². The van der Waals surface area contributed by atoms with Gasteiger partial charge in [-0.1, -0.05) is 12.1 Å². The summed E-state index contributed by atoms with van der Waals surface area (Å²) in [5.74, 6) is -1.14. The molecule has 21 heavy (non-hydrogen) atoms. The van der Waals surface area contributed by atoms with Crippen LogP contribution in [-0.4, -0.2) is 36.9 Å². The lowest BCUT2D eigenvalue weighted by atomic mass is 10.1.